The first kappa shape index (κ1) is 15.9. The van der Waals surface area contributed by atoms with E-state index >= 15 is 0 Å². The van der Waals surface area contributed by atoms with Crippen LogP contribution in [0.3, 0.4) is 0 Å². The molecule has 1 aliphatic rings. The molecule has 6 nitrogen and oxygen atoms in total. The maximum Gasteiger partial charge on any atom is 0.287 e. The van der Waals surface area contributed by atoms with Crippen molar-refractivity contribution in [3.63, 3.8) is 0 Å². The number of furan rings is 1. The van der Waals surface area contributed by atoms with Gasteiger partial charge in [0.05, 0.1) is 11.9 Å². The third kappa shape index (κ3) is 4.04. The molecule has 1 aliphatic heterocycles. The van der Waals surface area contributed by atoms with Gasteiger partial charge in [-0.05, 0) is 31.2 Å². The predicted molar refractivity (Wildman–Crippen MR) is 90.7 cm³/mol. The highest BCUT2D eigenvalue weighted by molar-refractivity contribution is 7.97. The predicted octanol–water partition coefficient (Wildman–Crippen LogP) is 2.33. The van der Waals surface area contributed by atoms with Crippen LogP contribution >= 0.6 is 11.8 Å². The zero-order chi connectivity index (χ0) is 16.1. The summed E-state index contributed by atoms with van der Waals surface area (Å²) in [5.74, 6) is 2.77. The lowest BCUT2D eigenvalue weighted by Gasteiger charge is -2.32. The molecular formula is C16H20N4O2S. The van der Waals surface area contributed by atoms with Crippen LogP contribution in [0, 0.1) is 0 Å². The van der Waals surface area contributed by atoms with Gasteiger partial charge >= 0.3 is 0 Å². The Morgan fingerprint density at radius 1 is 1.39 bits per heavy atom. The summed E-state index contributed by atoms with van der Waals surface area (Å²) in [6, 6.07) is 3.78. The van der Waals surface area contributed by atoms with Crippen LogP contribution in [-0.2, 0) is 5.75 Å². The van der Waals surface area contributed by atoms with Gasteiger partial charge in [-0.3, -0.25) is 9.78 Å². The molecule has 1 amide bonds. The van der Waals surface area contributed by atoms with Crippen LogP contribution in [0.2, 0.25) is 0 Å². The maximum atomic E-state index is 12.2. The number of nitrogens with zero attached hydrogens (tertiary/aromatic N) is 3. The van der Waals surface area contributed by atoms with Crippen LogP contribution in [0.15, 0.2) is 35.1 Å². The van der Waals surface area contributed by atoms with Gasteiger partial charge in [-0.15, -0.1) is 0 Å². The number of anilines is 1. The molecule has 0 atom stereocenters. The van der Waals surface area contributed by atoms with Gasteiger partial charge in [-0.1, -0.05) is 0 Å². The average molecular weight is 332 g/mol. The Morgan fingerprint density at radius 3 is 2.91 bits per heavy atom. The van der Waals surface area contributed by atoms with Gasteiger partial charge in [0.25, 0.3) is 5.91 Å². The molecule has 0 spiro atoms. The van der Waals surface area contributed by atoms with Crippen molar-refractivity contribution in [2.45, 2.75) is 24.6 Å². The molecule has 0 bridgehead atoms. The lowest BCUT2D eigenvalue weighted by atomic mass is 10.0. The summed E-state index contributed by atoms with van der Waals surface area (Å²) in [5, 5.41) is 3.06. The van der Waals surface area contributed by atoms with Crippen LogP contribution in [0.4, 0.5) is 5.82 Å². The van der Waals surface area contributed by atoms with Crippen molar-refractivity contribution in [2.24, 2.45) is 0 Å². The summed E-state index contributed by atoms with van der Waals surface area (Å²) < 4.78 is 5.56. The van der Waals surface area contributed by atoms with Gasteiger partial charge in [-0.25, -0.2) is 4.98 Å². The molecule has 3 heterocycles. The second-order valence-electron chi connectivity index (χ2n) is 5.50. The highest BCUT2D eigenvalue weighted by Crippen LogP contribution is 2.18. The second-order valence-corrected chi connectivity index (χ2v) is 6.36. The van der Waals surface area contributed by atoms with Crippen molar-refractivity contribution in [1.82, 2.24) is 15.3 Å². The zero-order valence-electron chi connectivity index (χ0n) is 13.1. The Hall–Kier alpha value is -2.02. The normalized spacial score (nSPS) is 15.6. The average Bonchev–Trinajstić information content (AvgIpc) is 3.06. The number of hydrogen-bond donors (Lipinski definition) is 1. The quantitative estimate of drug-likeness (QED) is 0.906. The smallest absolute Gasteiger partial charge is 0.287 e. The van der Waals surface area contributed by atoms with Gasteiger partial charge in [0.1, 0.15) is 11.6 Å². The van der Waals surface area contributed by atoms with E-state index in [0.717, 1.165) is 43.3 Å². The molecule has 3 rings (SSSR count). The first-order valence-electron chi connectivity index (χ1n) is 7.65. The van der Waals surface area contributed by atoms with Gasteiger partial charge in [0.15, 0.2) is 5.76 Å². The lowest BCUT2D eigenvalue weighted by molar-refractivity contribution is 0.0901. The number of amides is 1. The van der Waals surface area contributed by atoms with Crippen molar-refractivity contribution in [1.29, 1.82) is 0 Å². The molecule has 1 N–H and O–H groups in total. The number of aromatic nitrogens is 2. The molecule has 122 valence electrons. The number of carbonyl (C=O) groups excluding carboxylic acids is 1. The number of thioether (sulfide) groups is 1. The van der Waals surface area contributed by atoms with E-state index in [1.165, 1.54) is 0 Å². The minimum atomic E-state index is -0.129. The van der Waals surface area contributed by atoms with Crippen molar-refractivity contribution < 1.29 is 9.21 Å². The molecule has 2 aromatic heterocycles. The van der Waals surface area contributed by atoms with Crippen molar-refractivity contribution in [2.75, 3.05) is 24.2 Å². The Morgan fingerprint density at radius 2 is 2.22 bits per heavy atom. The maximum absolute atomic E-state index is 12.2. The molecule has 1 saturated heterocycles. The molecule has 0 radical (unpaired) electrons. The summed E-state index contributed by atoms with van der Waals surface area (Å²) >= 11 is 1.67. The van der Waals surface area contributed by atoms with Gasteiger partial charge in [0.2, 0.25) is 0 Å². The number of carbonyl (C=O) groups is 1. The highest BCUT2D eigenvalue weighted by atomic mass is 32.2. The molecular weight excluding hydrogens is 312 g/mol. The molecule has 0 aliphatic carbocycles. The minimum Gasteiger partial charge on any atom is -0.455 e. The van der Waals surface area contributed by atoms with Crippen molar-refractivity contribution in [3.8, 4) is 0 Å². The molecule has 0 aromatic carbocycles. The van der Waals surface area contributed by atoms with Crippen LogP contribution in [-0.4, -0.2) is 41.3 Å². The fraction of sp³-hybridized carbons (Fsp3) is 0.438. The van der Waals surface area contributed by atoms with E-state index in [0.29, 0.717) is 5.76 Å². The molecule has 7 heteroatoms. The fourth-order valence-electron chi connectivity index (χ4n) is 2.68. The summed E-state index contributed by atoms with van der Waals surface area (Å²) in [6.07, 6.45) is 8.93. The first-order valence-corrected chi connectivity index (χ1v) is 9.05. The topological polar surface area (TPSA) is 71.3 Å². The molecule has 23 heavy (non-hydrogen) atoms. The minimum absolute atomic E-state index is 0.129. The number of piperidine rings is 1. The Kier molecular flexibility index (Phi) is 5.17. The number of hydrogen-bond acceptors (Lipinski definition) is 6. The summed E-state index contributed by atoms with van der Waals surface area (Å²) in [7, 11) is 0. The van der Waals surface area contributed by atoms with Crippen LogP contribution in [0.1, 0.15) is 29.2 Å². The standard InChI is InChI=1S/C16H20N4O2S/c1-23-11-13-2-3-14(22-13)16(21)19-12-4-8-20(9-5-12)15-10-17-6-7-18-15/h2-3,6-7,10,12H,4-5,8-9,11H2,1H3,(H,19,21). The van der Waals surface area contributed by atoms with E-state index in [9.17, 15) is 4.79 Å². The summed E-state index contributed by atoms with van der Waals surface area (Å²) in [5.41, 5.74) is 0. The van der Waals surface area contributed by atoms with Gasteiger partial charge in [-0.2, -0.15) is 11.8 Å². The summed E-state index contributed by atoms with van der Waals surface area (Å²) in [4.78, 5) is 22.8. The Labute approximate surface area is 139 Å². The van der Waals surface area contributed by atoms with Crippen molar-refractivity contribution >= 4 is 23.5 Å². The molecule has 0 unspecified atom stereocenters. The van der Waals surface area contributed by atoms with Crippen LogP contribution in [0.25, 0.3) is 0 Å². The number of rotatable bonds is 5. The second kappa shape index (κ2) is 7.50. The first-order chi connectivity index (χ1) is 11.3. The van der Waals surface area contributed by atoms with E-state index in [4.69, 9.17) is 4.42 Å². The lowest BCUT2D eigenvalue weighted by Crippen LogP contribution is -2.44. The third-order valence-electron chi connectivity index (χ3n) is 3.88. The van der Waals surface area contributed by atoms with Gasteiger partial charge < -0.3 is 14.6 Å². The van der Waals surface area contributed by atoms with Crippen LogP contribution in [0.5, 0.6) is 0 Å². The van der Waals surface area contributed by atoms with E-state index < -0.39 is 0 Å². The van der Waals surface area contributed by atoms with E-state index in [2.05, 4.69) is 20.2 Å². The SMILES string of the molecule is CSCc1ccc(C(=O)NC2CCN(c3cnccn3)CC2)o1. The Balaban J connectivity index is 1.51. The van der Waals surface area contributed by atoms with E-state index in [1.54, 1.807) is 36.4 Å². The molecule has 2 aromatic rings. The monoisotopic (exact) mass is 332 g/mol. The van der Waals surface area contributed by atoms with Gasteiger partial charge in [0, 0.05) is 31.5 Å². The number of nitrogens with one attached hydrogen (secondary N) is 1. The zero-order valence-corrected chi connectivity index (χ0v) is 13.9. The highest BCUT2D eigenvalue weighted by Gasteiger charge is 2.23. The summed E-state index contributed by atoms with van der Waals surface area (Å²) in [6.45, 7) is 1.72. The van der Waals surface area contributed by atoms with Crippen LogP contribution < -0.4 is 10.2 Å². The van der Waals surface area contributed by atoms with E-state index in [1.807, 2.05) is 12.3 Å². The largest absolute Gasteiger partial charge is 0.455 e. The van der Waals surface area contributed by atoms with E-state index in [-0.39, 0.29) is 11.9 Å². The fourth-order valence-corrected chi connectivity index (χ4v) is 3.12. The Bertz CT molecular complexity index is 639. The molecule has 0 saturated carbocycles. The third-order valence-corrected chi connectivity index (χ3v) is 4.45. The molecule has 1 fully saturated rings. The van der Waals surface area contributed by atoms with Crippen molar-refractivity contribution in [3.05, 3.63) is 42.2 Å².